The number of aromatic nitrogens is 2. The highest BCUT2D eigenvalue weighted by molar-refractivity contribution is 6.30. The molecule has 0 saturated carbocycles. The second kappa shape index (κ2) is 9.28. The smallest absolute Gasteiger partial charge is 0.287 e. The number of benzene rings is 1. The molecule has 3 aromatic rings. The molecule has 4 rings (SSSR count). The lowest BCUT2D eigenvalue weighted by atomic mass is 9.93. The van der Waals surface area contributed by atoms with E-state index in [9.17, 15) is 4.79 Å². The SMILES string of the molecule is Cc1c(C(=O)NCCCOC(C)C)oc2c1-c1nn(Cc3cccc(Cl)c3)cc1CC2. The predicted octanol–water partition coefficient (Wildman–Crippen LogP) is 4.80. The van der Waals surface area contributed by atoms with Crippen LogP contribution in [-0.4, -0.2) is 34.9 Å². The van der Waals surface area contributed by atoms with Crippen molar-refractivity contribution in [2.24, 2.45) is 0 Å². The monoisotopic (exact) mass is 441 g/mol. The summed E-state index contributed by atoms with van der Waals surface area (Å²) in [7, 11) is 0. The first kappa shape index (κ1) is 21.7. The number of hydrogen-bond donors (Lipinski definition) is 1. The molecule has 2 aromatic heterocycles. The predicted molar refractivity (Wildman–Crippen MR) is 121 cm³/mol. The summed E-state index contributed by atoms with van der Waals surface area (Å²) in [6.45, 7) is 7.75. The Hall–Kier alpha value is -2.57. The Morgan fingerprint density at radius 1 is 1.35 bits per heavy atom. The summed E-state index contributed by atoms with van der Waals surface area (Å²) in [4.78, 5) is 12.7. The van der Waals surface area contributed by atoms with Crippen LogP contribution in [0.15, 0.2) is 34.9 Å². The van der Waals surface area contributed by atoms with Crippen molar-refractivity contribution in [3.8, 4) is 11.3 Å². The van der Waals surface area contributed by atoms with Gasteiger partial charge in [0.1, 0.15) is 5.76 Å². The molecule has 0 spiro atoms. The van der Waals surface area contributed by atoms with Gasteiger partial charge in [-0.3, -0.25) is 9.48 Å². The molecule has 0 radical (unpaired) electrons. The van der Waals surface area contributed by atoms with E-state index in [1.165, 1.54) is 5.56 Å². The van der Waals surface area contributed by atoms with Crippen molar-refractivity contribution < 1.29 is 13.9 Å². The van der Waals surface area contributed by atoms with E-state index < -0.39 is 0 Å². The molecule has 0 saturated heterocycles. The standard InChI is InChI=1S/C24H28ClN3O3/c1-15(2)30-11-5-10-26-24(29)23-16(3)21-20(31-23)9-8-18-14-28(27-22(18)21)13-17-6-4-7-19(25)12-17/h4,6-7,12,14-15H,5,8-11,13H2,1-3H3,(H,26,29). The Labute approximate surface area is 187 Å². The van der Waals surface area contributed by atoms with E-state index in [1.54, 1.807) is 0 Å². The molecule has 0 bridgehead atoms. The maximum atomic E-state index is 12.7. The lowest BCUT2D eigenvalue weighted by Crippen LogP contribution is -2.25. The number of fused-ring (bicyclic) bond motifs is 3. The van der Waals surface area contributed by atoms with Crippen LogP contribution < -0.4 is 5.32 Å². The van der Waals surface area contributed by atoms with Gasteiger partial charge in [0.05, 0.1) is 18.3 Å². The molecule has 6 nitrogen and oxygen atoms in total. The second-order valence-electron chi connectivity index (χ2n) is 8.21. The largest absolute Gasteiger partial charge is 0.455 e. The summed E-state index contributed by atoms with van der Waals surface area (Å²) in [6, 6.07) is 7.80. The first-order chi connectivity index (χ1) is 14.9. The maximum Gasteiger partial charge on any atom is 0.287 e. The van der Waals surface area contributed by atoms with Gasteiger partial charge in [-0.25, -0.2) is 0 Å². The number of carbonyl (C=O) groups excluding carboxylic acids is 1. The van der Waals surface area contributed by atoms with Crippen LogP contribution in [0.5, 0.6) is 0 Å². The van der Waals surface area contributed by atoms with Crippen molar-refractivity contribution in [1.82, 2.24) is 15.1 Å². The molecule has 0 aliphatic heterocycles. The first-order valence-corrected chi connectivity index (χ1v) is 11.1. The minimum Gasteiger partial charge on any atom is -0.455 e. The fraction of sp³-hybridized carbons (Fsp3) is 0.417. The molecule has 7 heteroatoms. The maximum absolute atomic E-state index is 12.7. The van der Waals surface area contributed by atoms with Gasteiger partial charge in [-0.05, 0) is 56.9 Å². The lowest BCUT2D eigenvalue weighted by Gasteiger charge is -2.09. The molecular weight excluding hydrogens is 414 g/mol. The number of aryl methyl sites for hydroxylation is 2. The van der Waals surface area contributed by atoms with Crippen LogP contribution in [0.25, 0.3) is 11.3 Å². The van der Waals surface area contributed by atoms with Crippen molar-refractivity contribution in [3.63, 3.8) is 0 Å². The quantitative estimate of drug-likeness (QED) is 0.510. The fourth-order valence-corrected chi connectivity index (χ4v) is 4.17. The Kier molecular flexibility index (Phi) is 6.49. The van der Waals surface area contributed by atoms with Crippen molar-refractivity contribution in [1.29, 1.82) is 0 Å². The van der Waals surface area contributed by atoms with Gasteiger partial charge < -0.3 is 14.5 Å². The van der Waals surface area contributed by atoms with Crippen LogP contribution >= 0.6 is 11.6 Å². The van der Waals surface area contributed by atoms with E-state index in [1.807, 2.05) is 49.7 Å². The number of nitrogens with one attached hydrogen (secondary N) is 1. The Balaban J connectivity index is 1.49. The van der Waals surface area contributed by atoms with Gasteiger partial charge in [-0.1, -0.05) is 23.7 Å². The number of carbonyl (C=O) groups is 1. The molecule has 0 unspecified atom stereocenters. The lowest BCUT2D eigenvalue weighted by molar-refractivity contribution is 0.0753. The van der Waals surface area contributed by atoms with E-state index >= 15 is 0 Å². The van der Waals surface area contributed by atoms with Crippen LogP contribution in [0, 0.1) is 6.92 Å². The highest BCUT2D eigenvalue weighted by Crippen LogP contribution is 2.38. The van der Waals surface area contributed by atoms with E-state index in [4.69, 9.17) is 25.9 Å². The highest BCUT2D eigenvalue weighted by Gasteiger charge is 2.29. The minimum absolute atomic E-state index is 0.184. The summed E-state index contributed by atoms with van der Waals surface area (Å²) < 4.78 is 13.4. The number of amides is 1. The number of nitrogens with zero attached hydrogens (tertiary/aromatic N) is 2. The Morgan fingerprint density at radius 3 is 2.97 bits per heavy atom. The third kappa shape index (κ3) is 4.86. The van der Waals surface area contributed by atoms with Crippen molar-refractivity contribution in [2.45, 2.75) is 52.7 Å². The van der Waals surface area contributed by atoms with Gasteiger partial charge in [-0.2, -0.15) is 5.10 Å². The topological polar surface area (TPSA) is 69.3 Å². The van der Waals surface area contributed by atoms with Gasteiger partial charge in [0.25, 0.3) is 5.91 Å². The summed E-state index contributed by atoms with van der Waals surface area (Å²) in [5, 5.41) is 8.47. The zero-order valence-corrected chi connectivity index (χ0v) is 19.0. The third-order valence-electron chi connectivity index (χ3n) is 5.41. The van der Waals surface area contributed by atoms with Crippen LogP contribution in [0.1, 0.15) is 53.3 Å². The third-order valence-corrected chi connectivity index (χ3v) is 5.65. The van der Waals surface area contributed by atoms with Crippen molar-refractivity contribution in [2.75, 3.05) is 13.2 Å². The van der Waals surface area contributed by atoms with Gasteiger partial charge in [0.15, 0.2) is 5.76 Å². The van der Waals surface area contributed by atoms with Crippen LogP contribution in [-0.2, 0) is 24.1 Å². The number of hydrogen-bond acceptors (Lipinski definition) is 4. The molecule has 1 aliphatic rings. The molecule has 31 heavy (non-hydrogen) atoms. The van der Waals surface area contributed by atoms with Gasteiger partial charge >= 0.3 is 0 Å². The Morgan fingerprint density at radius 2 is 2.19 bits per heavy atom. The molecular formula is C24H28ClN3O3. The average molecular weight is 442 g/mol. The molecule has 1 N–H and O–H groups in total. The summed E-state index contributed by atoms with van der Waals surface area (Å²) in [6.07, 6.45) is 4.66. The zero-order chi connectivity index (χ0) is 22.0. The minimum atomic E-state index is -0.184. The van der Waals surface area contributed by atoms with Gasteiger partial charge in [0.2, 0.25) is 0 Å². The number of halogens is 1. The van der Waals surface area contributed by atoms with Gasteiger partial charge in [0, 0.05) is 41.9 Å². The summed E-state index contributed by atoms with van der Waals surface area (Å²) in [5.74, 6) is 1.04. The summed E-state index contributed by atoms with van der Waals surface area (Å²) >= 11 is 6.11. The molecule has 1 amide bonds. The highest BCUT2D eigenvalue weighted by atomic mass is 35.5. The zero-order valence-electron chi connectivity index (χ0n) is 18.2. The molecule has 1 aromatic carbocycles. The molecule has 2 heterocycles. The van der Waals surface area contributed by atoms with E-state index in [-0.39, 0.29) is 12.0 Å². The number of furan rings is 1. The van der Waals surface area contributed by atoms with E-state index in [0.29, 0.717) is 30.5 Å². The van der Waals surface area contributed by atoms with E-state index in [0.717, 1.165) is 47.4 Å². The fourth-order valence-electron chi connectivity index (χ4n) is 3.96. The van der Waals surface area contributed by atoms with Crippen molar-refractivity contribution in [3.05, 3.63) is 63.7 Å². The molecule has 1 aliphatic carbocycles. The van der Waals surface area contributed by atoms with Crippen LogP contribution in [0.2, 0.25) is 5.02 Å². The van der Waals surface area contributed by atoms with Crippen molar-refractivity contribution >= 4 is 17.5 Å². The molecule has 164 valence electrons. The average Bonchev–Trinajstić information content (AvgIpc) is 3.27. The van der Waals surface area contributed by atoms with Gasteiger partial charge in [-0.15, -0.1) is 0 Å². The van der Waals surface area contributed by atoms with Crippen LogP contribution in [0.4, 0.5) is 0 Å². The Bertz CT molecular complexity index is 1080. The second-order valence-corrected chi connectivity index (χ2v) is 8.65. The number of ether oxygens (including phenoxy) is 1. The summed E-state index contributed by atoms with van der Waals surface area (Å²) in [5.41, 5.74) is 4.99. The van der Waals surface area contributed by atoms with Crippen LogP contribution in [0.3, 0.4) is 0 Å². The first-order valence-electron chi connectivity index (χ1n) is 10.8. The molecule has 0 atom stereocenters. The van der Waals surface area contributed by atoms with E-state index in [2.05, 4.69) is 11.5 Å². The number of rotatable bonds is 8. The molecule has 0 fully saturated rings. The normalized spacial score (nSPS) is 12.7.